The second kappa shape index (κ2) is 11.6. The second-order valence-electron chi connectivity index (χ2n) is 16.5. The lowest BCUT2D eigenvalue weighted by atomic mass is 9.62. The van der Waals surface area contributed by atoms with Crippen molar-refractivity contribution in [2.24, 2.45) is 0 Å². The van der Waals surface area contributed by atoms with Crippen LogP contribution >= 0.6 is 11.8 Å². The van der Waals surface area contributed by atoms with Crippen molar-refractivity contribution in [2.75, 3.05) is 4.90 Å². The fourth-order valence-corrected chi connectivity index (χ4v) is 18.5. The zero-order valence-corrected chi connectivity index (χ0v) is 34.1. The molecule has 0 aromatic heterocycles. The molecule has 4 aliphatic heterocycles. The summed E-state index contributed by atoms with van der Waals surface area (Å²) >= 11 is 1.90. The van der Waals surface area contributed by atoms with Crippen LogP contribution in [0.1, 0.15) is 33.4 Å². The summed E-state index contributed by atoms with van der Waals surface area (Å²) in [6.45, 7) is 4.53. The van der Waals surface area contributed by atoms with E-state index in [0.717, 1.165) is 0 Å². The van der Waals surface area contributed by atoms with Crippen LogP contribution in [0.15, 0.2) is 198 Å². The van der Waals surface area contributed by atoms with Crippen molar-refractivity contribution in [2.45, 2.75) is 29.1 Å². The summed E-state index contributed by atoms with van der Waals surface area (Å²) in [4.78, 5) is 5.26. The van der Waals surface area contributed by atoms with Crippen molar-refractivity contribution in [1.29, 1.82) is 0 Å². The van der Waals surface area contributed by atoms with Crippen LogP contribution in [-0.2, 0) is 5.41 Å². The fourth-order valence-electron chi connectivity index (χ4n) is 11.5. The Labute approximate surface area is 344 Å². The molecule has 58 heavy (non-hydrogen) atoms. The van der Waals surface area contributed by atoms with E-state index in [4.69, 9.17) is 0 Å². The molecule has 0 fully saturated rings. The maximum atomic E-state index is 2.65. The molecular weight excluding hydrogens is 735 g/mol. The molecule has 9 aromatic rings. The topological polar surface area (TPSA) is 3.24 Å². The zero-order chi connectivity index (χ0) is 38.3. The average molecular weight is 772 g/mol. The number of rotatable bonds is 1. The molecular formula is C55H37NSSi. The van der Waals surface area contributed by atoms with Crippen LogP contribution in [0.2, 0.25) is 0 Å². The van der Waals surface area contributed by atoms with Crippen molar-refractivity contribution < 1.29 is 0 Å². The molecule has 1 nitrogen and oxygen atoms in total. The van der Waals surface area contributed by atoms with Crippen molar-refractivity contribution in [3.63, 3.8) is 0 Å². The molecule has 0 aliphatic carbocycles. The predicted octanol–water partition coefficient (Wildman–Crippen LogP) is 11.4. The molecule has 0 saturated carbocycles. The third-order valence-electron chi connectivity index (χ3n) is 13.6. The highest BCUT2D eigenvalue weighted by atomic mass is 32.2. The lowest BCUT2D eigenvalue weighted by Gasteiger charge is -2.49. The van der Waals surface area contributed by atoms with Gasteiger partial charge in [0.1, 0.15) is 0 Å². The average Bonchev–Trinajstić information content (AvgIpc) is 3.72. The number of para-hydroxylation sites is 2. The number of nitrogens with zero attached hydrogens (tertiary/aromatic N) is 1. The molecule has 0 saturated heterocycles. The first kappa shape index (κ1) is 32.7. The Bertz CT molecular complexity index is 3120. The van der Waals surface area contributed by atoms with Gasteiger partial charge in [-0.3, -0.25) is 0 Å². The van der Waals surface area contributed by atoms with Gasteiger partial charge in [0.05, 0.1) is 22.5 Å². The smallest absolute Gasteiger partial charge is 0.182 e. The van der Waals surface area contributed by atoms with E-state index in [1.807, 2.05) is 11.8 Å². The van der Waals surface area contributed by atoms with Crippen LogP contribution in [-0.4, -0.2) is 8.07 Å². The van der Waals surface area contributed by atoms with Gasteiger partial charge >= 0.3 is 0 Å². The van der Waals surface area contributed by atoms with E-state index in [-0.39, 0.29) is 0 Å². The van der Waals surface area contributed by atoms with Crippen LogP contribution in [0, 0.1) is 13.8 Å². The van der Waals surface area contributed by atoms with E-state index in [2.05, 4.69) is 207 Å². The SMILES string of the molecule is Cc1ccc2c(c1)[Si]1(c3cc(C)ccc3-2)c2ccccc2-c2c1cc(N1c3ccccc3C3(c4ccccc4Sc4ccccc43)c3ccccc31)c1ccccc21. The summed E-state index contributed by atoms with van der Waals surface area (Å²) < 4.78 is 0. The highest BCUT2D eigenvalue weighted by Crippen LogP contribution is 2.63. The van der Waals surface area contributed by atoms with E-state index < -0.39 is 13.5 Å². The molecule has 0 unspecified atom stereocenters. The molecule has 0 bridgehead atoms. The number of hydrogen-bond donors (Lipinski definition) is 0. The second-order valence-corrected chi connectivity index (χ2v) is 21.2. The Balaban J connectivity index is 1.18. The Kier molecular flexibility index (Phi) is 6.53. The number of hydrogen-bond acceptors (Lipinski definition) is 2. The first-order valence-corrected chi connectivity index (χ1v) is 23.2. The van der Waals surface area contributed by atoms with Gasteiger partial charge in [0.25, 0.3) is 0 Å². The van der Waals surface area contributed by atoms with Gasteiger partial charge in [-0.05, 0) is 115 Å². The molecule has 0 atom stereocenters. The monoisotopic (exact) mass is 771 g/mol. The Hall–Kier alpha value is -6.39. The van der Waals surface area contributed by atoms with Crippen LogP contribution in [0.3, 0.4) is 0 Å². The molecule has 3 heteroatoms. The highest BCUT2D eigenvalue weighted by Gasteiger charge is 2.56. The minimum absolute atomic E-state index is 0.487. The standard InChI is InChI=1S/C55H37NSSi/c1-34-27-29-37-38-30-28-35(2)32-52(38)58(51(37)31-34)50-26-14-5-17-40(50)54-39-16-4-3-15-36(39)47(33-53(54)58)56-45-22-10-6-18-41(45)55(42-19-7-11-23-46(42)56)43-20-8-12-24-48(43)57-49-25-13-9-21-44(49)55/h3-33H,1-2H3. The van der Waals surface area contributed by atoms with E-state index in [1.165, 1.54) is 114 Å². The summed E-state index contributed by atoms with van der Waals surface area (Å²) in [5.41, 5.74) is 16.8. The molecule has 0 N–H and O–H groups in total. The molecule has 4 heterocycles. The van der Waals surface area contributed by atoms with Gasteiger partial charge in [0.15, 0.2) is 8.07 Å². The number of fused-ring (bicyclic) bond motifs is 20. The van der Waals surface area contributed by atoms with Crippen molar-refractivity contribution >= 4 is 68.4 Å². The van der Waals surface area contributed by atoms with E-state index in [1.54, 1.807) is 0 Å². The van der Waals surface area contributed by atoms with Gasteiger partial charge in [0, 0.05) is 15.2 Å². The summed E-state index contributed by atoms with van der Waals surface area (Å²) in [5.74, 6) is 0. The Morgan fingerprint density at radius 2 is 0.897 bits per heavy atom. The third-order valence-corrected chi connectivity index (χ3v) is 19.7. The van der Waals surface area contributed by atoms with Gasteiger partial charge in [0.2, 0.25) is 0 Å². The molecule has 9 aromatic carbocycles. The third kappa shape index (κ3) is 3.89. The van der Waals surface area contributed by atoms with Crippen LogP contribution in [0.5, 0.6) is 0 Å². The lowest BCUT2D eigenvalue weighted by Crippen LogP contribution is -2.70. The summed E-state index contributed by atoms with van der Waals surface area (Å²) in [6, 6.07) is 72.4. The van der Waals surface area contributed by atoms with Crippen molar-refractivity contribution in [3.05, 3.63) is 221 Å². The van der Waals surface area contributed by atoms with Gasteiger partial charge in [-0.2, -0.15) is 0 Å². The van der Waals surface area contributed by atoms with Gasteiger partial charge < -0.3 is 4.90 Å². The molecule has 272 valence electrons. The van der Waals surface area contributed by atoms with Crippen LogP contribution in [0.4, 0.5) is 17.1 Å². The summed E-state index contributed by atoms with van der Waals surface area (Å²) in [6.07, 6.45) is 0. The van der Waals surface area contributed by atoms with Gasteiger partial charge in [-0.25, -0.2) is 0 Å². The number of benzene rings is 9. The number of anilines is 3. The Morgan fingerprint density at radius 3 is 1.52 bits per heavy atom. The largest absolute Gasteiger partial charge is 0.309 e. The fraction of sp³-hybridized carbons (Fsp3) is 0.0545. The normalized spacial score (nSPS) is 15.2. The highest BCUT2D eigenvalue weighted by molar-refractivity contribution is 7.99. The lowest BCUT2D eigenvalue weighted by molar-refractivity contribution is 0.692. The molecule has 13 rings (SSSR count). The minimum Gasteiger partial charge on any atom is -0.309 e. The maximum absolute atomic E-state index is 2.77. The molecule has 4 aliphatic rings. The Morgan fingerprint density at radius 1 is 0.397 bits per heavy atom. The first-order valence-electron chi connectivity index (χ1n) is 20.3. The van der Waals surface area contributed by atoms with E-state index in [9.17, 15) is 0 Å². The van der Waals surface area contributed by atoms with E-state index in [0.29, 0.717) is 0 Å². The van der Waals surface area contributed by atoms with E-state index >= 15 is 0 Å². The van der Waals surface area contributed by atoms with Crippen molar-refractivity contribution in [1.82, 2.24) is 0 Å². The predicted molar refractivity (Wildman–Crippen MR) is 246 cm³/mol. The molecule has 2 spiro atoms. The van der Waals surface area contributed by atoms with Gasteiger partial charge in [-0.15, -0.1) is 0 Å². The maximum Gasteiger partial charge on any atom is 0.182 e. The quantitative estimate of drug-likeness (QED) is 0.153. The van der Waals surface area contributed by atoms with Crippen molar-refractivity contribution in [3.8, 4) is 22.3 Å². The minimum atomic E-state index is -2.77. The zero-order valence-electron chi connectivity index (χ0n) is 32.3. The summed E-state index contributed by atoms with van der Waals surface area (Å²) in [5, 5.41) is 8.64. The molecule has 0 amide bonds. The number of aryl methyl sites for hydroxylation is 2. The summed E-state index contributed by atoms with van der Waals surface area (Å²) in [7, 11) is -2.77. The van der Waals surface area contributed by atoms with Crippen LogP contribution < -0.4 is 25.6 Å². The van der Waals surface area contributed by atoms with Crippen LogP contribution in [0.25, 0.3) is 33.0 Å². The molecule has 0 radical (unpaired) electrons. The first-order chi connectivity index (χ1) is 28.6. The van der Waals surface area contributed by atoms with Gasteiger partial charge in [-0.1, -0.05) is 181 Å².